The Hall–Kier alpha value is 0.870. The Morgan fingerprint density at radius 3 is 1.50 bits per heavy atom. The summed E-state index contributed by atoms with van der Waals surface area (Å²) in [4.78, 5) is 0. The van der Waals surface area contributed by atoms with Crippen LogP contribution in [0.2, 0.25) is 0 Å². The van der Waals surface area contributed by atoms with Gasteiger partial charge in [-0.3, -0.25) is 8.37 Å². The Morgan fingerprint density at radius 2 is 1.50 bits per heavy atom. The molecule has 0 N–H and O–H groups in total. The smallest absolute Gasteiger partial charge is 1.00 e. The van der Waals surface area contributed by atoms with Gasteiger partial charge in [0.15, 0.2) is 0 Å². The van der Waals surface area contributed by atoms with E-state index in [1.165, 1.54) is 0 Å². The van der Waals surface area contributed by atoms with Crippen LogP contribution < -0.4 is 29.6 Å². The molecule has 0 fully saturated rings. The molecule has 0 amide bonds. The molecule has 0 aromatic carbocycles. The summed E-state index contributed by atoms with van der Waals surface area (Å²) in [5.74, 6) is 0. The zero-order chi connectivity index (χ0) is 5.91. The van der Waals surface area contributed by atoms with E-state index in [-0.39, 0.29) is 31.0 Å². The normalized spacial score (nSPS) is 10.2. The summed E-state index contributed by atoms with van der Waals surface area (Å²) in [6, 6.07) is 0. The zero-order valence-corrected chi connectivity index (χ0v) is 7.86. The predicted molar refractivity (Wildman–Crippen MR) is 24.0 cm³/mol. The summed E-state index contributed by atoms with van der Waals surface area (Å²) < 4.78 is 27.5. The third-order valence-electron chi connectivity index (χ3n) is 0.408. The van der Waals surface area contributed by atoms with Gasteiger partial charge in [-0.05, 0) is 0 Å². The molecule has 0 atom stereocenters. The Balaban J connectivity index is -0.000000180. The SMILES string of the molecule is COS(=O)(=O)OC.[H-].[Na+]. The van der Waals surface area contributed by atoms with Gasteiger partial charge in [0.1, 0.15) is 0 Å². The van der Waals surface area contributed by atoms with E-state index in [4.69, 9.17) is 0 Å². The average molecular weight is 150 g/mol. The third kappa shape index (κ3) is 5.02. The zero-order valence-electron chi connectivity index (χ0n) is 6.04. The van der Waals surface area contributed by atoms with Crippen molar-refractivity contribution in [3.8, 4) is 0 Å². The summed E-state index contributed by atoms with van der Waals surface area (Å²) in [6.45, 7) is 0. The maximum Gasteiger partial charge on any atom is 1.00 e. The van der Waals surface area contributed by atoms with E-state index in [1.54, 1.807) is 0 Å². The second kappa shape index (κ2) is 4.72. The van der Waals surface area contributed by atoms with Crippen molar-refractivity contribution in [2.75, 3.05) is 14.2 Å². The summed E-state index contributed by atoms with van der Waals surface area (Å²) in [5, 5.41) is 0. The van der Waals surface area contributed by atoms with Crippen LogP contribution in [0.5, 0.6) is 0 Å². The van der Waals surface area contributed by atoms with E-state index >= 15 is 0 Å². The largest absolute Gasteiger partial charge is 1.00 e. The van der Waals surface area contributed by atoms with Gasteiger partial charge in [-0.15, -0.1) is 0 Å². The van der Waals surface area contributed by atoms with Crippen LogP contribution in [-0.2, 0) is 18.8 Å². The van der Waals surface area contributed by atoms with E-state index < -0.39 is 10.4 Å². The first-order valence-corrected chi connectivity index (χ1v) is 2.82. The van der Waals surface area contributed by atoms with Gasteiger partial charge in [-0.2, -0.15) is 8.42 Å². The molecule has 4 nitrogen and oxygen atoms in total. The molecule has 8 heavy (non-hydrogen) atoms. The molecule has 0 aliphatic rings. The van der Waals surface area contributed by atoms with Crippen molar-refractivity contribution in [3.05, 3.63) is 0 Å². The van der Waals surface area contributed by atoms with Crippen molar-refractivity contribution in [1.29, 1.82) is 0 Å². The summed E-state index contributed by atoms with van der Waals surface area (Å²) in [5.41, 5.74) is 0. The van der Waals surface area contributed by atoms with Gasteiger partial charge in [0.05, 0.1) is 14.2 Å². The van der Waals surface area contributed by atoms with Crippen LogP contribution in [0, 0.1) is 0 Å². The summed E-state index contributed by atoms with van der Waals surface area (Å²) in [6.07, 6.45) is 0. The first-order valence-electron chi connectivity index (χ1n) is 1.48. The standard InChI is InChI=1S/C2H6O4S.Na.H/c1-5-7(3,4)6-2;;/h1-2H3;;/q;+1;-1. The van der Waals surface area contributed by atoms with Crippen molar-refractivity contribution >= 4 is 10.4 Å². The molecule has 0 bridgehead atoms. The molecular formula is C2H7NaO4S. The average Bonchev–Trinajstić information content (AvgIpc) is 1.68. The quantitative estimate of drug-likeness (QED) is 0.386. The van der Waals surface area contributed by atoms with Crippen LogP contribution >= 0.6 is 0 Å². The molecule has 0 radical (unpaired) electrons. The summed E-state index contributed by atoms with van der Waals surface area (Å²) >= 11 is 0. The fourth-order valence-electron chi connectivity index (χ4n) is 0.0680. The van der Waals surface area contributed by atoms with Gasteiger partial charge in [0.2, 0.25) is 0 Å². The van der Waals surface area contributed by atoms with Crippen LogP contribution in [0.1, 0.15) is 1.43 Å². The van der Waals surface area contributed by atoms with Crippen LogP contribution in [0.4, 0.5) is 0 Å². The molecule has 0 aliphatic carbocycles. The van der Waals surface area contributed by atoms with Crippen LogP contribution in [0.15, 0.2) is 0 Å². The fourth-order valence-corrected chi connectivity index (χ4v) is 0.204. The van der Waals surface area contributed by atoms with E-state index in [9.17, 15) is 8.42 Å². The number of hydrogen-bond acceptors (Lipinski definition) is 4. The molecule has 0 aromatic heterocycles. The number of hydrogen-bond donors (Lipinski definition) is 0. The van der Waals surface area contributed by atoms with Crippen LogP contribution in [0.25, 0.3) is 0 Å². The van der Waals surface area contributed by atoms with Crippen LogP contribution in [-0.4, -0.2) is 22.6 Å². The number of rotatable bonds is 2. The minimum Gasteiger partial charge on any atom is -1.00 e. The monoisotopic (exact) mass is 150 g/mol. The van der Waals surface area contributed by atoms with Crippen molar-refractivity contribution in [2.45, 2.75) is 0 Å². The topological polar surface area (TPSA) is 52.6 Å². The van der Waals surface area contributed by atoms with Crippen molar-refractivity contribution < 1.29 is 47.8 Å². The molecule has 0 unspecified atom stereocenters. The molecule has 46 valence electrons. The first kappa shape index (κ1) is 11.6. The van der Waals surface area contributed by atoms with Crippen LogP contribution in [0.3, 0.4) is 0 Å². The van der Waals surface area contributed by atoms with E-state index in [0.717, 1.165) is 14.2 Å². The second-order valence-electron chi connectivity index (χ2n) is 0.742. The van der Waals surface area contributed by atoms with E-state index in [0.29, 0.717) is 0 Å². The Kier molecular flexibility index (Phi) is 6.87. The van der Waals surface area contributed by atoms with Gasteiger partial charge in [-0.25, -0.2) is 0 Å². The Labute approximate surface area is 72.3 Å². The van der Waals surface area contributed by atoms with Crippen molar-refractivity contribution in [2.24, 2.45) is 0 Å². The van der Waals surface area contributed by atoms with Gasteiger partial charge in [0.25, 0.3) is 0 Å². The van der Waals surface area contributed by atoms with Gasteiger partial charge < -0.3 is 1.43 Å². The molecular weight excluding hydrogens is 143 g/mol. The first-order chi connectivity index (χ1) is 3.12. The Bertz CT molecular complexity index is 122. The predicted octanol–water partition coefficient (Wildman–Crippen LogP) is -3.36. The van der Waals surface area contributed by atoms with Gasteiger partial charge in [0, 0.05) is 0 Å². The van der Waals surface area contributed by atoms with Crippen molar-refractivity contribution in [1.82, 2.24) is 0 Å². The molecule has 0 rings (SSSR count). The molecule has 6 heteroatoms. The van der Waals surface area contributed by atoms with E-state index in [1.807, 2.05) is 0 Å². The molecule has 0 saturated carbocycles. The molecule has 0 aliphatic heterocycles. The minimum absolute atomic E-state index is 0. The molecule has 0 aromatic rings. The molecule has 0 heterocycles. The van der Waals surface area contributed by atoms with Gasteiger partial charge >= 0.3 is 40.0 Å². The molecule has 0 spiro atoms. The van der Waals surface area contributed by atoms with Gasteiger partial charge in [-0.1, -0.05) is 0 Å². The molecule has 0 saturated heterocycles. The minimum atomic E-state index is -3.66. The van der Waals surface area contributed by atoms with E-state index in [2.05, 4.69) is 8.37 Å². The van der Waals surface area contributed by atoms with Crippen molar-refractivity contribution in [3.63, 3.8) is 0 Å². The summed E-state index contributed by atoms with van der Waals surface area (Å²) in [7, 11) is -1.60. The Morgan fingerprint density at radius 1 is 1.25 bits per heavy atom. The fraction of sp³-hybridized carbons (Fsp3) is 1.00. The third-order valence-corrected chi connectivity index (χ3v) is 1.22. The maximum atomic E-state index is 9.92. The maximum absolute atomic E-state index is 9.92. The second-order valence-corrected chi connectivity index (χ2v) is 2.22.